The van der Waals surface area contributed by atoms with Gasteiger partial charge in [-0.1, -0.05) is 121 Å². The molecule has 12 rings (SSSR count). The summed E-state index contributed by atoms with van der Waals surface area (Å²) in [7, 11) is 0. The minimum Gasteiger partial charge on any atom is -0.456 e. The van der Waals surface area contributed by atoms with Crippen molar-refractivity contribution in [2.45, 2.75) is 0 Å². The Labute approximate surface area is 325 Å². The van der Waals surface area contributed by atoms with Crippen LogP contribution in [-0.2, 0) is 0 Å². The van der Waals surface area contributed by atoms with Gasteiger partial charge < -0.3 is 13.4 Å². The topological polar surface area (TPSA) is 69.9 Å². The Kier molecular flexibility index (Phi) is 6.83. The molecule has 0 amide bonds. The maximum absolute atomic E-state index is 6.68. The molecule has 0 bridgehead atoms. The third-order valence-electron chi connectivity index (χ3n) is 11.0. The van der Waals surface area contributed by atoms with E-state index in [4.69, 9.17) is 23.8 Å². The molecule has 0 radical (unpaired) electrons. The summed E-state index contributed by atoms with van der Waals surface area (Å²) in [5.74, 6) is 1.70. The second-order valence-corrected chi connectivity index (χ2v) is 14.4. The van der Waals surface area contributed by atoms with Gasteiger partial charge in [0.05, 0.1) is 11.0 Å². The van der Waals surface area contributed by atoms with Gasteiger partial charge in [0.15, 0.2) is 17.5 Å². The number of hydrogen-bond donors (Lipinski definition) is 0. The zero-order chi connectivity index (χ0) is 37.5. The van der Waals surface area contributed by atoms with E-state index >= 15 is 0 Å². The average Bonchev–Trinajstić information content (AvgIpc) is 3.95. The molecule has 6 nitrogen and oxygen atoms in total. The number of hydrogen-bond acceptors (Lipinski definition) is 5. The summed E-state index contributed by atoms with van der Waals surface area (Å²) >= 11 is 0. The van der Waals surface area contributed by atoms with E-state index < -0.39 is 0 Å². The normalized spacial score (nSPS) is 11.9. The lowest BCUT2D eigenvalue weighted by Crippen LogP contribution is -2.00. The number of benzene rings is 8. The van der Waals surface area contributed by atoms with Gasteiger partial charge in [-0.25, -0.2) is 15.0 Å². The van der Waals surface area contributed by atoms with Gasteiger partial charge in [0.1, 0.15) is 22.3 Å². The largest absolute Gasteiger partial charge is 0.456 e. The van der Waals surface area contributed by atoms with Crippen molar-refractivity contribution in [3.63, 3.8) is 0 Å². The lowest BCUT2D eigenvalue weighted by molar-refractivity contribution is 0.669. The quantitative estimate of drug-likeness (QED) is 0.176. The summed E-state index contributed by atoms with van der Waals surface area (Å²) in [5, 5.41) is 6.41. The number of furan rings is 2. The van der Waals surface area contributed by atoms with Gasteiger partial charge in [-0.3, -0.25) is 0 Å². The van der Waals surface area contributed by atoms with E-state index in [0.717, 1.165) is 93.8 Å². The molecule has 12 aromatic rings. The highest BCUT2D eigenvalue weighted by atomic mass is 16.3. The summed E-state index contributed by atoms with van der Waals surface area (Å²) in [5.41, 5.74) is 11.3. The van der Waals surface area contributed by atoms with Crippen LogP contribution in [0, 0.1) is 0 Å². The molecule has 57 heavy (non-hydrogen) atoms. The van der Waals surface area contributed by atoms with Crippen molar-refractivity contribution in [3.05, 3.63) is 182 Å². The third-order valence-corrected chi connectivity index (χ3v) is 11.0. The van der Waals surface area contributed by atoms with Gasteiger partial charge in [-0.2, -0.15) is 0 Å². The Balaban J connectivity index is 1.10. The molecule has 0 aliphatic rings. The Bertz CT molecular complexity index is 3530. The molecule has 0 fully saturated rings. The second kappa shape index (κ2) is 12.3. The number of rotatable bonds is 5. The Morgan fingerprint density at radius 2 is 0.947 bits per heavy atom. The first-order valence-electron chi connectivity index (χ1n) is 19.0. The zero-order valence-electron chi connectivity index (χ0n) is 30.4. The van der Waals surface area contributed by atoms with Gasteiger partial charge in [0.2, 0.25) is 0 Å². The Morgan fingerprint density at radius 3 is 1.81 bits per heavy atom. The van der Waals surface area contributed by atoms with Crippen molar-refractivity contribution in [1.29, 1.82) is 0 Å². The minimum atomic E-state index is 0.556. The number of fused-ring (bicyclic) bond motifs is 9. The molecule has 0 spiro atoms. The minimum absolute atomic E-state index is 0.556. The highest BCUT2D eigenvalue weighted by Crippen LogP contribution is 2.42. The van der Waals surface area contributed by atoms with Crippen LogP contribution in [0.5, 0.6) is 0 Å². The summed E-state index contributed by atoms with van der Waals surface area (Å²) in [4.78, 5) is 15.6. The molecule has 4 heterocycles. The second-order valence-electron chi connectivity index (χ2n) is 14.4. The number of nitrogens with zero attached hydrogens (tertiary/aromatic N) is 4. The van der Waals surface area contributed by atoms with Crippen LogP contribution in [0.3, 0.4) is 0 Å². The monoisotopic (exact) mass is 730 g/mol. The maximum Gasteiger partial charge on any atom is 0.164 e. The van der Waals surface area contributed by atoms with Crippen LogP contribution in [0.1, 0.15) is 0 Å². The molecular weight excluding hydrogens is 701 g/mol. The Morgan fingerprint density at radius 1 is 0.333 bits per heavy atom. The van der Waals surface area contributed by atoms with Crippen molar-refractivity contribution >= 4 is 65.7 Å². The SMILES string of the molecule is c1ccc(-c2cccc(-c3nc(-c4ccc5c(c4)oc4ccccc45)nc(-c4cccc5oc6cc7c(cc6c45)c4ccccc4n7-c4ccccc4)n3)c2)cc1. The Hall–Kier alpha value is -7.83. The molecule has 0 aliphatic heterocycles. The van der Waals surface area contributed by atoms with E-state index in [-0.39, 0.29) is 0 Å². The highest BCUT2D eigenvalue weighted by molar-refractivity contribution is 6.19. The number of aromatic nitrogens is 4. The van der Waals surface area contributed by atoms with Crippen LogP contribution in [0.25, 0.3) is 117 Å². The van der Waals surface area contributed by atoms with Crippen LogP contribution >= 0.6 is 0 Å². The van der Waals surface area contributed by atoms with Gasteiger partial charge in [-0.15, -0.1) is 0 Å². The van der Waals surface area contributed by atoms with Crippen LogP contribution in [-0.4, -0.2) is 19.5 Å². The van der Waals surface area contributed by atoms with Crippen LogP contribution in [0.2, 0.25) is 0 Å². The molecular formula is C51H30N4O2. The fourth-order valence-electron chi connectivity index (χ4n) is 8.42. The van der Waals surface area contributed by atoms with E-state index in [1.807, 2.05) is 48.5 Å². The van der Waals surface area contributed by atoms with Crippen LogP contribution < -0.4 is 0 Å². The van der Waals surface area contributed by atoms with Crippen molar-refractivity contribution < 1.29 is 8.83 Å². The first-order valence-corrected chi connectivity index (χ1v) is 19.0. The van der Waals surface area contributed by atoms with Crippen molar-refractivity contribution in [2.24, 2.45) is 0 Å². The van der Waals surface area contributed by atoms with Crippen LogP contribution in [0.4, 0.5) is 0 Å². The standard InChI is InChI=1S/C51H30N4O2/c1-3-13-31(14-4-1)32-15-11-16-33(27-32)49-52-50(34-25-26-38-37-20-8-10-23-44(37)56-46(38)28-34)54-51(53-49)39-21-12-24-45-48(39)41-29-40-36-19-7-9-22-42(36)55(35-17-5-2-6-18-35)43(40)30-47(41)57-45/h1-30H. The number of para-hydroxylation sites is 3. The van der Waals surface area contributed by atoms with E-state index in [1.54, 1.807) is 0 Å². The lowest BCUT2D eigenvalue weighted by Gasteiger charge is -2.10. The first-order chi connectivity index (χ1) is 28.2. The summed E-state index contributed by atoms with van der Waals surface area (Å²) in [6.07, 6.45) is 0. The molecule has 8 aromatic carbocycles. The van der Waals surface area contributed by atoms with E-state index in [0.29, 0.717) is 17.5 Å². The molecule has 6 heteroatoms. The average molecular weight is 731 g/mol. The lowest BCUT2D eigenvalue weighted by atomic mass is 10.0. The van der Waals surface area contributed by atoms with E-state index in [9.17, 15) is 0 Å². The molecule has 4 aromatic heterocycles. The molecule has 0 aliphatic carbocycles. The fraction of sp³-hybridized carbons (Fsp3) is 0. The molecule has 0 unspecified atom stereocenters. The molecule has 0 atom stereocenters. The predicted octanol–water partition coefficient (Wildman–Crippen LogP) is 13.4. The van der Waals surface area contributed by atoms with Gasteiger partial charge in [0, 0.05) is 60.8 Å². The molecule has 266 valence electrons. The van der Waals surface area contributed by atoms with Gasteiger partial charge in [-0.05, 0) is 65.7 Å². The van der Waals surface area contributed by atoms with E-state index in [2.05, 4.69) is 138 Å². The smallest absolute Gasteiger partial charge is 0.164 e. The van der Waals surface area contributed by atoms with Crippen LogP contribution in [0.15, 0.2) is 191 Å². The molecule has 0 saturated carbocycles. The maximum atomic E-state index is 6.68. The third kappa shape index (κ3) is 5.01. The highest BCUT2D eigenvalue weighted by Gasteiger charge is 2.21. The molecule has 0 N–H and O–H groups in total. The summed E-state index contributed by atoms with van der Waals surface area (Å²) < 4.78 is 15.3. The fourth-order valence-corrected chi connectivity index (χ4v) is 8.42. The van der Waals surface area contributed by atoms with Crippen molar-refractivity contribution in [3.8, 4) is 51.0 Å². The van der Waals surface area contributed by atoms with Crippen molar-refractivity contribution in [2.75, 3.05) is 0 Å². The predicted molar refractivity (Wildman–Crippen MR) is 230 cm³/mol. The van der Waals surface area contributed by atoms with Crippen molar-refractivity contribution in [1.82, 2.24) is 19.5 Å². The van der Waals surface area contributed by atoms with E-state index in [1.165, 1.54) is 5.39 Å². The van der Waals surface area contributed by atoms with Gasteiger partial charge >= 0.3 is 0 Å². The summed E-state index contributed by atoms with van der Waals surface area (Å²) in [6.45, 7) is 0. The zero-order valence-corrected chi connectivity index (χ0v) is 30.4. The summed E-state index contributed by atoms with van der Waals surface area (Å²) in [6, 6.07) is 62.7. The van der Waals surface area contributed by atoms with Gasteiger partial charge in [0.25, 0.3) is 0 Å². The molecule has 0 saturated heterocycles. The first kappa shape index (κ1) is 31.5.